The number of rotatable bonds is 9. The van der Waals surface area contributed by atoms with Crippen molar-refractivity contribution in [1.82, 2.24) is 0 Å². The molecule has 3 fully saturated rings. The van der Waals surface area contributed by atoms with Crippen LogP contribution >= 0.6 is 22.6 Å². The van der Waals surface area contributed by atoms with Crippen LogP contribution in [0.4, 0.5) is 16.2 Å². The van der Waals surface area contributed by atoms with Crippen LogP contribution in [0, 0.1) is 6.92 Å². The Morgan fingerprint density at radius 3 is 2.53 bits per heavy atom. The summed E-state index contributed by atoms with van der Waals surface area (Å²) in [5, 5.41) is 15.3. The standard InChI is InChI=1S/C34H38IN3O5/c1-21-16-23(20-39)13-15-27(21)36-30(40)11-7-8-22-12-14-26(24-9-5-4-6-10-24)28(17-22)37-33(41)42-25-18-29-31-32(43-31)34(35,19-25)38(29,2)3/h4-6,9-10,12-17,25,29,31-32,39H,7-8,11,18-20H2,1-3H3,(H-,36,37,40,41)/p+1/t25-,29-,31-,32+,34-/m0/s1. The molecule has 3 saturated heterocycles. The molecule has 3 N–H and O–H groups in total. The van der Waals surface area contributed by atoms with Gasteiger partial charge >= 0.3 is 6.09 Å². The van der Waals surface area contributed by atoms with E-state index in [1.54, 1.807) is 0 Å². The molecule has 6 rings (SSSR count). The number of fused-ring (bicyclic) bond motifs is 5. The van der Waals surface area contributed by atoms with E-state index in [9.17, 15) is 14.7 Å². The lowest BCUT2D eigenvalue weighted by Crippen LogP contribution is -2.65. The molecule has 0 aliphatic carbocycles. The largest absolute Gasteiger partial charge is 0.445 e. The molecule has 8 nitrogen and oxygen atoms in total. The highest BCUT2D eigenvalue weighted by molar-refractivity contribution is 14.1. The molecule has 2 amide bonds. The fourth-order valence-electron chi connectivity index (χ4n) is 6.89. The van der Waals surface area contributed by atoms with Crippen molar-refractivity contribution in [2.45, 2.75) is 73.5 Å². The molecule has 3 aliphatic heterocycles. The van der Waals surface area contributed by atoms with E-state index in [0.717, 1.165) is 50.8 Å². The summed E-state index contributed by atoms with van der Waals surface area (Å²) >= 11 is 2.53. The number of morpholine rings is 1. The van der Waals surface area contributed by atoms with Crippen LogP contribution in [0.25, 0.3) is 11.1 Å². The maximum absolute atomic E-state index is 13.3. The third-order valence-corrected chi connectivity index (χ3v) is 11.7. The summed E-state index contributed by atoms with van der Waals surface area (Å²) in [6, 6.07) is 21.9. The van der Waals surface area contributed by atoms with Gasteiger partial charge < -0.3 is 24.4 Å². The SMILES string of the molecule is Cc1cc(CO)ccc1NC(=O)CCCc1ccc(-c2ccccc2)c(NC(=O)O[C@H]2C[C@H]3[C@@H]4O[C@H]4[C@](I)(C2)[N+]3(C)C)c1. The van der Waals surface area contributed by atoms with Crippen molar-refractivity contribution < 1.29 is 28.7 Å². The maximum Gasteiger partial charge on any atom is 0.411 e. The monoisotopic (exact) mass is 696 g/mol. The van der Waals surface area contributed by atoms with Gasteiger partial charge in [-0.25, -0.2) is 4.79 Å². The number of aryl methyl sites for hydroxylation is 2. The van der Waals surface area contributed by atoms with Crippen molar-refractivity contribution >= 4 is 46.0 Å². The maximum atomic E-state index is 13.3. The molecule has 2 bridgehead atoms. The van der Waals surface area contributed by atoms with Crippen LogP contribution < -0.4 is 10.6 Å². The summed E-state index contributed by atoms with van der Waals surface area (Å²) in [5.41, 5.74) is 6.14. The normalized spacial score (nSPS) is 26.3. The number of halogens is 1. The number of nitrogens with zero attached hydrogens (tertiary/aromatic N) is 1. The van der Waals surface area contributed by atoms with Crippen molar-refractivity contribution in [1.29, 1.82) is 0 Å². The summed E-state index contributed by atoms with van der Waals surface area (Å²) < 4.78 is 12.8. The predicted molar refractivity (Wildman–Crippen MR) is 175 cm³/mol. The smallest absolute Gasteiger partial charge is 0.411 e. The van der Waals surface area contributed by atoms with Crippen LogP contribution in [-0.2, 0) is 27.3 Å². The number of alkyl halides is 1. The minimum atomic E-state index is -0.442. The van der Waals surface area contributed by atoms with E-state index in [4.69, 9.17) is 9.47 Å². The number of piperidine rings is 1. The number of hydrogen-bond donors (Lipinski definition) is 3. The molecule has 3 aromatic rings. The topological polar surface area (TPSA) is 100 Å². The number of nitrogens with one attached hydrogen (secondary N) is 2. The summed E-state index contributed by atoms with van der Waals surface area (Å²) in [5.74, 6) is -0.0537. The Kier molecular flexibility index (Phi) is 8.27. The number of aliphatic hydroxyl groups is 1. The third kappa shape index (κ3) is 5.92. The molecule has 0 radical (unpaired) electrons. The lowest BCUT2D eigenvalue weighted by Gasteiger charge is -2.50. The highest BCUT2D eigenvalue weighted by Gasteiger charge is 2.78. The van der Waals surface area contributed by atoms with Gasteiger partial charge in [-0.3, -0.25) is 10.1 Å². The molecular formula is C34H39IN3O5+. The van der Waals surface area contributed by atoms with Gasteiger partial charge in [-0.15, -0.1) is 0 Å². The highest BCUT2D eigenvalue weighted by Crippen LogP contribution is 2.61. The van der Waals surface area contributed by atoms with E-state index < -0.39 is 6.09 Å². The van der Waals surface area contributed by atoms with Crippen molar-refractivity contribution in [2.75, 3.05) is 24.7 Å². The molecule has 226 valence electrons. The number of amides is 2. The quantitative estimate of drug-likeness (QED) is 0.0816. The van der Waals surface area contributed by atoms with Gasteiger partial charge in [-0.05, 0) is 76.7 Å². The molecule has 3 aromatic carbocycles. The van der Waals surface area contributed by atoms with Gasteiger partial charge in [0.25, 0.3) is 0 Å². The summed E-state index contributed by atoms with van der Waals surface area (Å²) in [6.45, 7) is 1.89. The molecule has 0 aromatic heterocycles. The Labute approximate surface area is 266 Å². The first kappa shape index (κ1) is 30.1. The summed E-state index contributed by atoms with van der Waals surface area (Å²) in [4.78, 5) is 25.9. The molecule has 5 atom stereocenters. The first-order valence-electron chi connectivity index (χ1n) is 14.9. The molecule has 0 unspecified atom stereocenters. The Hall–Kier alpha value is -2.99. The van der Waals surface area contributed by atoms with Crippen LogP contribution in [0.5, 0.6) is 0 Å². The van der Waals surface area contributed by atoms with Crippen LogP contribution in [0.1, 0.15) is 42.4 Å². The fraction of sp³-hybridized carbons (Fsp3) is 0.412. The Balaban J connectivity index is 1.10. The van der Waals surface area contributed by atoms with E-state index in [2.05, 4.69) is 53.4 Å². The fourth-order valence-corrected chi connectivity index (χ4v) is 8.24. The van der Waals surface area contributed by atoms with Gasteiger partial charge in [-0.1, -0.05) is 54.6 Å². The zero-order valence-electron chi connectivity index (χ0n) is 24.8. The average molecular weight is 697 g/mol. The first-order valence-corrected chi connectivity index (χ1v) is 16.0. The number of anilines is 2. The molecule has 9 heteroatoms. The predicted octanol–water partition coefficient (Wildman–Crippen LogP) is 6.18. The van der Waals surface area contributed by atoms with Crippen LogP contribution in [0.15, 0.2) is 66.7 Å². The van der Waals surface area contributed by atoms with Gasteiger partial charge in [-0.2, -0.15) is 0 Å². The molecule has 3 heterocycles. The zero-order chi connectivity index (χ0) is 30.4. The number of aliphatic hydroxyl groups excluding tert-OH is 1. The van der Waals surface area contributed by atoms with E-state index in [0.29, 0.717) is 31.0 Å². The van der Waals surface area contributed by atoms with Crippen molar-refractivity contribution in [2.24, 2.45) is 0 Å². The number of hydrogen-bond acceptors (Lipinski definition) is 5. The second kappa shape index (κ2) is 11.8. The Morgan fingerprint density at radius 1 is 1.05 bits per heavy atom. The van der Waals surface area contributed by atoms with E-state index in [1.807, 2.05) is 67.6 Å². The number of ether oxygens (including phenoxy) is 2. The van der Waals surface area contributed by atoms with Gasteiger partial charge in [0.05, 0.1) is 32.8 Å². The molecular weight excluding hydrogens is 657 g/mol. The average Bonchev–Trinajstić information content (AvgIpc) is 3.76. The van der Waals surface area contributed by atoms with Gasteiger partial charge in [0.15, 0.2) is 9.65 Å². The number of quaternary nitrogens is 1. The first-order chi connectivity index (χ1) is 20.6. The number of epoxide rings is 1. The van der Waals surface area contributed by atoms with Gasteiger partial charge in [0.2, 0.25) is 5.91 Å². The van der Waals surface area contributed by atoms with Crippen LogP contribution in [0.3, 0.4) is 0 Å². The number of benzene rings is 3. The van der Waals surface area contributed by atoms with Gasteiger partial charge in [0, 0.05) is 24.1 Å². The van der Waals surface area contributed by atoms with E-state index in [1.165, 1.54) is 0 Å². The van der Waals surface area contributed by atoms with Crippen molar-refractivity contribution in [3.63, 3.8) is 0 Å². The second-order valence-electron chi connectivity index (χ2n) is 12.5. The van der Waals surface area contributed by atoms with Crippen LogP contribution in [-0.4, -0.2) is 63.6 Å². The summed E-state index contributed by atoms with van der Waals surface area (Å²) in [6.07, 6.45) is 3.19. The molecule has 0 spiro atoms. The minimum absolute atomic E-state index is 0.0269. The number of carbonyl (C=O) groups excluding carboxylic acids is 2. The Bertz CT molecular complexity index is 1530. The molecule has 0 saturated carbocycles. The highest BCUT2D eigenvalue weighted by atomic mass is 127. The Morgan fingerprint density at radius 2 is 1.81 bits per heavy atom. The van der Waals surface area contributed by atoms with E-state index in [-0.39, 0.29) is 34.4 Å². The second-order valence-corrected chi connectivity index (χ2v) is 14.4. The third-order valence-electron chi connectivity index (χ3n) is 9.44. The van der Waals surface area contributed by atoms with Gasteiger partial charge in [0.1, 0.15) is 18.2 Å². The molecule has 43 heavy (non-hydrogen) atoms. The van der Waals surface area contributed by atoms with E-state index >= 15 is 0 Å². The van der Waals surface area contributed by atoms with Crippen molar-refractivity contribution in [3.8, 4) is 11.1 Å². The molecule has 3 aliphatic rings. The lowest BCUT2D eigenvalue weighted by atomic mass is 9.96. The lowest BCUT2D eigenvalue weighted by molar-refractivity contribution is -0.943. The number of likely N-dealkylation sites (N-methyl/N-ethyl adjacent to an activating group) is 1. The zero-order valence-corrected chi connectivity index (χ0v) is 27.0. The van der Waals surface area contributed by atoms with Crippen molar-refractivity contribution in [3.05, 3.63) is 83.4 Å². The van der Waals surface area contributed by atoms with Crippen LogP contribution in [0.2, 0.25) is 0 Å². The summed E-state index contributed by atoms with van der Waals surface area (Å²) in [7, 11) is 4.53. The number of carbonyl (C=O) groups is 2. The minimum Gasteiger partial charge on any atom is -0.445 e.